The van der Waals surface area contributed by atoms with E-state index in [2.05, 4.69) is 0 Å². The zero-order chi connectivity index (χ0) is 14.7. The van der Waals surface area contributed by atoms with Crippen LogP contribution in [0.2, 0.25) is 0 Å². The molecular formula is C16H17NO3S. The molecule has 0 spiro atoms. The number of sulfonamides is 1. The number of hydrogen-bond acceptors (Lipinski definition) is 3. The fraction of sp³-hybridized carbons (Fsp3) is 0.375. The van der Waals surface area contributed by atoms with Crippen LogP contribution in [-0.2, 0) is 10.0 Å². The lowest BCUT2D eigenvalue weighted by atomic mass is 9.91. The van der Waals surface area contributed by atoms with Crippen molar-refractivity contribution in [2.75, 3.05) is 13.1 Å². The minimum atomic E-state index is -3.53. The van der Waals surface area contributed by atoms with E-state index in [-0.39, 0.29) is 19.0 Å². The molecule has 4 nitrogen and oxygen atoms in total. The van der Waals surface area contributed by atoms with Gasteiger partial charge >= 0.3 is 0 Å². The van der Waals surface area contributed by atoms with E-state index in [9.17, 15) is 13.5 Å². The molecule has 1 heterocycles. The monoisotopic (exact) mass is 303 g/mol. The van der Waals surface area contributed by atoms with Crippen LogP contribution in [0.5, 0.6) is 0 Å². The number of aliphatic hydroxyl groups is 1. The van der Waals surface area contributed by atoms with Gasteiger partial charge in [-0.05, 0) is 30.2 Å². The lowest BCUT2D eigenvalue weighted by Crippen LogP contribution is -2.64. The molecule has 1 aliphatic heterocycles. The zero-order valence-electron chi connectivity index (χ0n) is 11.6. The fourth-order valence-corrected chi connectivity index (χ4v) is 4.95. The lowest BCUT2D eigenvalue weighted by molar-refractivity contribution is -0.0764. The first-order valence-corrected chi connectivity index (χ1v) is 8.65. The number of β-amino-alcohol motifs (C(OH)–C–C–N with tert-alkyl or cyclic N) is 1. The van der Waals surface area contributed by atoms with Gasteiger partial charge in [0.2, 0.25) is 10.0 Å². The summed E-state index contributed by atoms with van der Waals surface area (Å²) in [4.78, 5) is 0.332. The van der Waals surface area contributed by atoms with Gasteiger partial charge in [0.05, 0.1) is 10.5 Å². The molecular weight excluding hydrogens is 286 g/mol. The van der Waals surface area contributed by atoms with Crippen molar-refractivity contribution in [3.8, 4) is 0 Å². The van der Waals surface area contributed by atoms with E-state index in [1.54, 1.807) is 12.1 Å². The third-order valence-electron chi connectivity index (χ3n) is 4.61. The van der Waals surface area contributed by atoms with Gasteiger partial charge in [0.1, 0.15) is 0 Å². The van der Waals surface area contributed by atoms with Crippen LogP contribution in [0.25, 0.3) is 10.8 Å². The van der Waals surface area contributed by atoms with Crippen LogP contribution in [0.15, 0.2) is 47.4 Å². The quantitative estimate of drug-likeness (QED) is 0.943. The average Bonchev–Trinajstić information content (AvgIpc) is 3.28. The summed E-state index contributed by atoms with van der Waals surface area (Å²) < 4.78 is 26.9. The van der Waals surface area contributed by atoms with Gasteiger partial charge in [0.25, 0.3) is 0 Å². The van der Waals surface area contributed by atoms with Gasteiger partial charge in [0.15, 0.2) is 0 Å². The molecule has 0 bridgehead atoms. The summed E-state index contributed by atoms with van der Waals surface area (Å²) in [6, 6.07) is 12.8. The molecule has 0 aromatic heterocycles. The maximum atomic E-state index is 12.8. The van der Waals surface area contributed by atoms with E-state index in [1.807, 2.05) is 30.3 Å². The Hall–Kier alpha value is -1.43. The second-order valence-corrected chi connectivity index (χ2v) is 8.03. The summed E-state index contributed by atoms with van der Waals surface area (Å²) >= 11 is 0. The molecule has 0 radical (unpaired) electrons. The van der Waals surface area contributed by atoms with E-state index in [1.165, 1.54) is 4.31 Å². The summed E-state index contributed by atoms with van der Waals surface area (Å²) in [5, 5.41) is 12.0. The maximum absolute atomic E-state index is 12.8. The van der Waals surface area contributed by atoms with Crippen molar-refractivity contribution in [1.29, 1.82) is 0 Å². The Morgan fingerprint density at radius 1 is 1.05 bits per heavy atom. The van der Waals surface area contributed by atoms with Gasteiger partial charge in [-0.15, -0.1) is 0 Å². The molecule has 2 fully saturated rings. The largest absolute Gasteiger partial charge is 0.387 e. The molecule has 2 aromatic rings. The highest BCUT2D eigenvalue weighted by Gasteiger charge is 2.55. The van der Waals surface area contributed by atoms with Crippen LogP contribution in [0.1, 0.15) is 12.8 Å². The Balaban J connectivity index is 1.71. The van der Waals surface area contributed by atoms with Crippen molar-refractivity contribution < 1.29 is 13.5 Å². The highest BCUT2D eigenvalue weighted by Crippen LogP contribution is 2.46. The van der Waals surface area contributed by atoms with Crippen molar-refractivity contribution in [3.63, 3.8) is 0 Å². The Kier molecular flexibility index (Phi) is 2.70. The Morgan fingerprint density at radius 2 is 1.71 bits per heavy atom. The van der Waals surface area contributed by atoms with Gasteiger partial charge in [0, 0.05) is 18.5 Å². The average molecular weight is 303 g/mol. The molecule has 4 rings (SSSR count). The van der Waals surface area contributed by atoms with E-state index in [0.717, 1.165) is 23.6 Å². The highest BCUT2D eigenvalue weighted by atomic mass is 32.2. The number of nitrogens with zero attached hydrogens (tertiary/aromatic N) is 1. The van der Waals surface area contributed by atoms with Gasteiger partial charge in [-0.2, -0.15) is 4.31 Å². The number of benzene rings is 2. The van der Waals surface area contributed by atoms with Gasteiger partial charge in [-0.1, -0.05) is 36.4 Å². The predicted molar refractivity (Wildman–Crippen MR) is 80.4 cm³/mol. The normalized spacial score (nSPS) is 22.1. The van der Waals surface area contributed by atoms with E-state index < -0.39 is 15.6 Å². The van der Waals surface area contributed by atoms with Gasteiger partial charge in [-0.3, -0.25) is 0 Å². The van der Waals surface area contributed by atoms with Crippen LogP contribution in [0.4, 0.5) is 0 Å². The van der Waals surface area contributed by atoms with Crippen molar-refractivity contribution >= 4 is 20.8 Å². The van der Waals surface area contributed by atoms with Gasteiger partial charge in [-0.25, -0.2) is 8.42 Å². The highest BCUT2D eigenvalue weighted by molar-refractivity contribution is 7.89. The summed E-state index contributed by atoms with van der Waals surface area (Å²) in [6.07, 6.45) is 2.03. The molecule has 0 unspecified atom stereocenters. The first kappa shape index (κ1) is 13.2. The number of fused-ring (bicyclic) bond motifs is 1. The second kappa shape index (κ2) is 4.29. The van der Waals surface area contributed by atoms with E-state index in [0.29, 0.717) is 4.90 Å². The van der Waals surface area contributed by atoms with E-state index >= 15 is 0 Å². The standard InChI is InChI=1S/C16H17NO3S/c18-16(13-8-9-13)10-17(11-16)21(19,20)15-7-3-5-12-4-1-2-6-14(12)15/h1-7,13,18H,8-11H2. The fourth-order valence-electron chi connectivity index (χ4n) is 3.17. The third kappa shape index (κ3) is 1.99. The first-order valence-electron chi connectivity index (χ1n) is 7.21. The van der Waals surface area contributed by atoms with Crippen LogP contribution >= 0.6 is 0 Å². The van der Waals surface area contributed by atoms with Crippen molar-refractivity contribution in [2.45, 2.75) is 23.3 Å². The van der Waals surface area contributed by atoms with Crippen molar-refractivity contribution in [3.05, 3.63) is 42.5 Å². The Morgan fingerprint density at radius 3 is 2.43 bits per heavy atom. The van der Waals surface area contributed by atoms with Crippen LogP contribution in [0, 0.1) is 5.92 Å². The minimum absolute atomic E-state index is 0.225. The maximum Gasteiger partial charge on any atom is 0.243 e. The summed E-state index contributed by atoms with van der Waals surface area (Å²) in [5.41, 5.74) is -0.794. The topological polar surface area (TPSA) is 57.6 Å². The molecule has 110 valence electrons. The third-order valence-corrected chi connectivity index (χ3v) is 6.45. The minimum Gasteiger partial charge on any atom is -0.387 e. The van der Waals surface area contributed by atoms with Crippen LogP contribution < -0.4 is 0 Å². The molecule has 2 aromatic carbocycles. The molecule has 1 saturated heterocycles. The Labute approximate surface area is 124 Å². The summed E-state index contributed by atoms with van der Waals surface area (Å²) in [5.74, 6) is 0.288. The first-order chi connectivity index (χ1) is 10.0. The number of hydrogen-bond donors (Lipinski definition) is 1. The molecule has 0 atom stereocenters. The smallest absolute Gasteiger partial charge is 0.243 e. The molecule has 1 aliphatic carbocycles. The number of rotatable bonds is 3. The van der Waals surface area contributed by atoms with Crippen molar-refractivity contribution in [2.24, 2.45) is 5.92 Å². The van der Waals surface area contributed by atoms with Crippen LogP contribution in [0.3, 0.4) is 0 Å². The second-order valence-electron chi connectivity index (χ2n) is 6.13. The van der Waals surface area contributed by atoms with Crippen LogP contribution in [-0.4, -0.2) is 36.5 Å². The zero-order valence-corrected chi connectivity index (χ0v) is 12.4. The molecule has 21 heavy (non-hydrogen) atoms. The molecule has 1 saturated carbocycles. The molecule has 5 heteroatoms. The molecule has 1 N–H and O–H groups in total. The predicted octanol–water partition coefficient (Wildman–Crippen LogP) is 1.99. The molecule has 0 amide bonds. The van der Waals surface area contributed by atoms with Crippen molar-refractivity contribution in [1.82, 2.24) is 4.31 Å². The summed E-state index contributed by atoms with van der Waals surface area (Å²) in [7, 11) is -3.53. The van der Waals surface area contributed by atoms with Gasteiger partial charge < -0.3 is 5.11 Å². The SMILES string of the molecule is O=S(=O)(c1cccc2ccccc12)N1CC(O)(C2CC2)C1. The summed E-state index contributed by atoms with van der Waals surface area (Å²) in [6.45, 7) is 0.451. The Bertz CT molecular complexity index is 800. The van der Waals surface area contributed by atoms with E-state index in [4.69, 9.17) is 0 Å². The lowest BCUT2D eigenvalue weighted by Gasteiger charge is -2.45. The molecule has 2 aliphatic rings.